The van der Waals surface area contributed by atoms with Gasteiger partial charge in [-0.05, 0) is 36.4 Å². The molecule has 0 saturated carbocycles. The molecular weight excluding hydrogens is 315 g/mol. The van der Waals surface area contributed by atoms with Gasteiger partial charge in [0.1, 0.15) is 11.3 Å². The molecular formula is C15H10Cl2O4. The van der Waals surface area contributed by atoms with Crippen molar-refractivity contribution in [3.8, 4) is 5.75 Å². The molecule has 0 aromatic heterocycles. The second-order valence-electron chi connectivity index (χ2n) is 4.03. The van der Waals surface area contributed by atoms with Crippen LogP contribution in [-0.2, 0) is 4.74 Å². The van der Waals surface area contributed by atoms with Gasteiger partial charge in [0.05, 0.1) is 12.7 Å². The van der Waals surface area contributed by atoms with Crippen molar-refractivity contribution >= 4 is 35.1 Å². The molecule has 0 radical (unpaired) electrons. The SMILES string of the molecule is COC(=O)c1cc(Cl)ccc1OC(=O)c1cccc(Cl)c1. The molecule has 0 aliphatic rings. The Labute approximate surface area is 131 Å². The van der Waals surface area contributed by atoms with Crippen LogP contribution in [-0.4, -0.2) is 19.0 Å². The number of hydrogen-bond acceptors (Lipinski definition) is 4. The molecule has 0 unspecified atom stereocenters. The number of benzene rings is 2. The minimum atomic E-state index is -0.647. The number of rotatable bonds is 3. The second kappa shape index (κ2) is 6.61. The third-order valence-corrected chi connectivity index (χ3v) is 3.08. The first-order valence-corrected chi connectivity index (χ1v) is 6.62. The Morgan fingerprint density at radius 2 is 1.67 bits per heavy atom. The summed E-state index contributed by atoms with van der Waals surface area (Å²) in [5.41, 5.74) is 0.341. The molecule has 0 atom stereocenters. The summed E-state index contributed by atoms with van der Waals surface area (Å²) in [5.74, 6) is -1.22. The Kier molecular flexibility index (Phi) is 4.83. The third kappa shape index (κ3) is 3.74. The summed E-state index contributed by atoms with van der Waals surface area (Å²) in [4.78, 5) is 23.7. The predicted octanol–water partition coefficient (Wildman–Crippen LogP) is 4.00. The number of carbonyl (C=O) groups is 2. The van der Waals surface area contributed by atoms with Gasteiger partial charge >= 0.3 is 11.9 Å². The summed E-state index contributed by atoms with van der Waals surface area (Å²) in [6, 6.07) is 10.6. The smallest absolute Gasteiger partial charge is 0.343 e. The lowest BCUT2D eigenvalue weighted by atomic mass is 10.2. The molecule has 6 heteroatoms. The molecule has 0 N–H and O–H groups in total. The first kappa shape index (κ1) is 15.4. The van der Waals surface area contributed by atoms with Gasteiger partial charge in [-0.1, -0.05) is 29.3 Å². The molecule has 0 heterocycles. The first-order valence-electron chi connectivity index (χ1n) is 5.87. The molecule has 2 aromatic carbocycles. The van der Waals surface area contributed by atoms with Crippen LogP contribution in [0.5, 0.6) is 5.75 Å². The van der Waals surface area contributed by atoms with E-state index in [2.05, 4.69) is 4.74 Å². The van der Waals surface area contributed by atoms with Crippen molar-refractivity contribution in [1.82, 2.24) is 0 Å². The lowest BCUT2D eigenvalue weighted by Gasteiger charge is -2.09. The van der Waals surface area contributed by atoms with Crippen LogP contribution in [0.15, 0.2) is 42.5 Å². The Morgan fingerprint density at radius 1 is 0.952 bits per heavy atom. The normalized spacial score (nSPS) is 10.0. The summed E-state index contributed by atoms with van der Waals surface area (Å²) in [7, 11) is 1.23. The van der Waals surface area contributed by atoms with E-state index in [1.807, 2.05) is 0 Å². The third-order valence-electron chi connectivity index (χ3n) is 2.61. The van der Waals surface area contributed by atoms with Crippen molar-refractivity contribution in [2.45, 2.75) is 0 Å². The summed E-state index contributed by atoms with van der Waals surface area (Å²) in [5, 5.41) is 0.742. The molecule has 2 aromatic rings. The summed E-state index contributed by atoms with van der Waals surface area (Å²) >= 11 is 11.6. The van der Waals surface area contributed by atoms with Crippen LogP contribution in [0.1, 0.15) is 20.7 Å². The van der Waals surface area contributed by atoms with E-state index in [1.54, 1.807) is 18.2 Å². The molecule has 108 valence electrons. The average molecular weight is 325 g/mol. The van der Waals surface area contributed by atoms with Gasteiger partial charge in [-0.15, -0.1) is 0 Å². The molecule has 0 amide bonds. The Bertz CT molecular complexity index is 698. The van der Waals surface area contributed by atoms with Crippen LogP contribution >= 0.6 is 23.2 Å². The number of methoxy groups -OCH3 is 1. The minimum Gasteiger partial charge on any atom is -0.465 e. The number of halogens is 2. The Balaban J connectivity index is 2.31. The van der Waals surface area contributed by atoms with Gasteiger partial charge in [0.15, 0.2) is 0 Å². The van der Waals surface area contributed by atoms with Crippen LogP contribution < -0.4 is 4.74 Å². The van der Waals surface area contributed by atoms with E-state index < -0.39 is 11.9 Å². The van der Waals surface area contributed by atoms with Crippen LogP contribution in [0, 0.1) is 0 Å². The maximum absolute atomic E-state index is 12.0. The Hall–Kier alpha value is -2.04. The molecule has 4 nitrogen and oxygen atoms in total. The first-order chi connectivity index (χ1) is 10.0. The largest absolute Gasteiger partial charge is 0.465 e. The van der Waals surface area contributed by atoms with Crippen LogP contribution in [0.3, 0.4) is 0 Å². The lowest BCUT2D eigenvalue weighted by Crippen LogP contribution is -2.12. The van der Waals surface area contributed by atoms with E-state index in [1.165, 1.54) is 31.4 Å². The molecule has 0 aliphatic carbocycles. The maximum Gasteiger partial charge on any atom is 0.343 e. The molecule has 2 rings (SSSR count). The van der Waals surface area contributed by atoms with Gasteiger partial charge in [-0.25, -0.2) is 9.59 Å². The molecule has 0 spiro atoms. The lowest BCUT2D eigenvalue weighted by molar-refractivity contribution is 0.0593. The molecule has 0 fully saturated rings. The second-order valence-corrected chi connectivity index (χ2v) is 4.90. The monoisotopic (exact) mass is 324 g/mol. The topological polar surface area (TPSA) is 52.6 Å². The summed E-state index contributed by atoms with van der Waals surface area (Å²) < 4.78 is 9.84. The fraction of sp³-hybridized carbons (Fsp3) is 0.0667. The van der Waals surface area contributed by atoms with Gasteiger partial charge in [-0.3, -0.25) is 0 Å². The van der Waals surface area contributed by atoms with Crippen LogP contribution in [0.2, 0.25) is 10.0 Å². The standard InChI is InChI=1S/C15H10Cl2O4/c1-20-15(19)12-8-11(17)5-6-13(12)21-14(18)9-3-2-4-10(16)7-9/h2-8H,1H3. The highest BCUT2D eigenvalue weighted by atomic mass is 35.5. The highest BCUT2D eigenvalue weighted by Crippen LogP contribution is 2.25. The number of esters is 2. The fourth-order valence-electron chi connectivity index (χ4n) is 1.63. The van der Waals surface area contributed by atoms with Crippen molar-refractivity contribution < 1.29 is 19.1 Å². The van der Waals surface area contributed by atoms with Gasteiger partial charge < -0.3 is 9.47 Å². The highest BCUT2D eigenvalue weighted by Gasteiger charge is 2.17. The molecule has 0 aliphatic heterocycles. The van der Waals surface area contributed by atoms with Crippen molar-refractivity contribution in [3.05, 3.63) is 63.6 Å². The molecule has 0 saturated heterocycles. The van der Waals surface area contributed by atoms with Gasteiger partial charge in [-0.2, -0.15) is 0 Å². The van der Waals surface area contributed by atoms with E-state index in [9.17, 15) is 9.59 Å². The van der Waals surface area contributed by atoms with E-state index in [4.69, 9.17) is 27.9 Å². The number of ether oxygens (including phenoxy) is 2. The number of hydrogen-bond donors (Lipinski definition) is 0. The summed E-state index contributed by atoms with van der Waals surface area (Å²) in [6.45, 7) is 0. The van der Waals surface area contributed by atoms with E-state index in [0.29, 0.717) is 10.0 Å². The van der Waals surface area contributed by atoms with E-state index in [0.717, 1.165) is 0 Å². The van der Waals surface area contributed by atoms with E-state index in [-0.39, 0.29) is 16.9 Å². The number of carbonyl (C=O) groups excluding carboxylic acids is 2. The van der Waals surface area contributed by atoms with Gasteiger partial charge in [0, 0.05) is 10.0 Å². The van der Waals surface area contributed by atoms with Crippen molar-refractivity contribution in [2.75, 3.05) is 7.11 Å². The molecule has 0 bridgehead atoms. The highest BCUT2D eigenvalue weighted by molar-refractivity contribution is 6.31. The minimum absolute atomic E-state index is 0.0659. The zero-order chi connectivity index (χ0) is 15.4. The van der Waals surface area contributed by atoms with Gasteiger partial charge in [0.2, 0.25) is 0 Å². The zero-order valence-electron chi connectivity index (χ0n) is 10.9. The quantitative estimate of drug-likeness (QED) is 0.632. The molecule has 21 heavy (non-hydrogen) atoms. The van der Waals surface area contributed by atoms with Crippen molar-refractivity contribution in [2.24, 2.45) is 0 Å². The predicted molar refractivity (Wildman–Crippen MR) is 79.2 cm³/mol. The maximum atomic E-state index is 12.0. The Morgan fingerprint density at radius 3 is 2.33 bits per heavy atom. The average Bonchev–Trinajstić information content (AvgIpc) is 2.48. The summed E-state index contributed by atoms with van der Waals surface area (Å²) in [6.07, 6.45) is 0. The zero-order valence-corrected chi connectivity index (χ0v) is 12.4. The van der Waals surface area contributed by atoms with Crippen LogP contribution in [0.4, 0.5) is 0 Å². The van der Waals surface area contributed by atoms with Crippen LogP contribution in [0.25, 0.3) is 0 Å². The van der Waals surface area contributed by atoms with E-state index >= 15 is 0 Å². The van der Waals surface area contributed by atoms with Crippen molar-refractivity contribution in [1.29, 1.82) is 0 Å². The fourth-order valence-corrected chi connectivity index (χ4v) is 2.00. The van der Waals surface area contributed by atoms with Gasteiger partial charge in [0.25, 0.3) is 0 Å². The van der Waals surface area contributed by atoms with Crippen molar-refractivity contribution in [3.63, 3.8) is 0 Å².